The highest BCUT2D eigenvalue weighted by atomic mass is 16.5. The molecule has 1 aliphatic rings. The number of hydrogen-bond acceptors (Lipinski definition) is 4. The maximum absolute atomic E-state index is 11.8. The molecule has 0 aromatic heterocycles. The summed E-state index contributed by atoms with van der Waals surface area (Å²) in [7, 11) is 1.41. The number of esters is 1. The molecule has 2 unspecified atom stereocenters. The standard InChI is InChI=1S/C15H21NO3/c1-3-13(16)15(8-14(17)18-2)10-19-9-11-6-4-5-7-12(11)15/h4-7,13H,3,8-10,16H2,1-2H3. The zero-order chi connectivity index (χ0) is 13.9. The van der Waals surface area contributed by atoms with Gasteiger partial charge in [-0.1, -0.05) is 31.2 Å². The highest BCUT2D eigenvalue weighted by molar-refractivity contribution is 5.72. The molecule has 0 fully saturated rings. The van der Waals surface area contributed by atoms with Crippen molar-refractivity contribution in [3.63, 3.8) is 0 Å². The Morgan fingerprint density at radius 1 is 1.53 bits per heavy atom. The van der Waals surface area contributed by atoms with Gasteiger partial charge >= 0.3 is 5.97 Å². The van der Waals surface area contributed by atoms with E-state index in [2.05, 4.69) is 6.07 Å². The molecular formula is C15H21NO3. The molecule has 1 aromatic rings. The van der Waals surface area contributed by atoms with Crippen LogP contribution in [0.15, 0.2) is 24.3 Å². The molecule has 2 N–H and O–H groups in total. The number of ether oxygens (including phenoxy) is 2. The Morgan fingerprint density at radius 2 is 2.26 bits per heavy atom. The van der Waals surface area contributed by atoms with Crippen molar-refractivity contribution in [2.45, 2.75) is 37.8 Å². The SMILES string of the molecule is CCC(N)C1(CC(=O)OC)COCc2ccccc21. The highest BCUT2D eigenvalue weighted by Crippen LogP contribution is 2.38. The van der Waals surface area contributed by atoms with Crippen LogP contribution in [0.3, 0.4) is 0 Å². The minimum atomic E-state index is -0.476. The Kier molecular flexibility index (Phi) is 4.22. The third-order valence-corrected chi connectivity index (χ3v) is 4.01. The van der Waals surface area contributed by atoms with Gasteiger partial charge in [-0.05, 0) is 17.5 Å². The first-order valence-corrected chi connectivity index (χ1v) is 6.62. The van der Waals surface area contributed by atoms with Gasteiger partial charge in [-0.3, -0.25) is 4.79 Å². The number of fused-ring (bicyclic) bond motifs is 1. The van der Waals surface area contributed by atoms with Crippen molar-refractivity contribution in [2.24, 2.45) is 5.73 Å². The van der Waals surface area contributed by atoms with E-state index in [4.69, 9.17) is 15.2 Å². The molecule has 0 aliphatic carbocycles. The quantitative estimate of drug-likeness (QED) is 0.841. The molecule has 0 saturated heterocycles. The summed E-state index contributed by atoms with van der Waals surface area (Å²) < 4.78 is 10.5. The van der Waals surface area contributed by atoms with Crippen molar-refractivity contribution in [1.82, 2.24) is 0 Å². The summed E-state index contributed by atoms with van der Waals surface area (Å²) in [6.45, 7) is 3.07. The molecular weight excluding hydrogens is 242 g/mol. The van der Waals surface area contributed by atoms with Gasteiger partial charge in [-0.15, -0.1) is 0 Å². The molecule has 0 bridgehead atoms. The molecule has 1 heterocycles. The van der Waals surface area contributed by atoms with Gasteiger partial charge in [0.15, 0.2) is 0 Å². The Morgan fingerprint density at radius 3 is 2.95 bits per heavy atom. The van der Waals surface area contributed by atoms with Gasteiger partial charge in [-0.25, -0.2) is 0 Å². The van der Waals surface area contributed by atoms with Crippen LogP contribution in [0, 0.1) is 0 Å². The van der Waals surface area contributed by atoms with Gasteiger partial charge in [-0.2, -0.15) is 0 Å². The van der Waals surface area contributed by atoms with Crippen molar-refractivity contribution in [1.29, 1.82) is 0 Å². The molecule has 19 heavy (non-hydrogen) atoms. The maximum Gasteiger partial charge on any atom is 0.306 e. The monoisotopic (exact) mass is 263 g/mol. The second-order valence-corrected chi connectivity index (χ2v) is 5.07. The van der Waals surface area contributed by atoms with Crippen molar-refractivity contribution >= 4 is 5.97 Å². The minimum absolute atomic E-state index is 0.131. The number of nitrogens with two attached hydrogens (primary N) is 1. The van der Waals surface area contributed by atoms with E-state index in [1.54, 1.807) is 0 Å². The second kappa shape index (κ2) is 5.72. The van der Waals surface area contributed by atoms with Crippen LogP contribution in [0.2, 0.25) is 0 Å². The molecule has 0 radical (unpaired) electrons. The topological polar surface area (TPSA) is 61.6 Å². The highest BCUT2D eigenvalue weighted by Gasteiger charge is 2.43. The Labute approximate surface area is 113 Å². The van der Waals surface area contributed by atoms with Crippen molar-refractivity contribution in [3.05, 3.63) is 35.4 Å². The molecule has 2 atom stereocenters. The number of carbonyl (C=O) groups is 1. The van der Waals surface area contributed by atoms with E-state index < -0.39 is 5.41 Å². The summed E-state index contributed by atoms with van der Waals surface area (Å²) in [6.07, 6.45) is 1.05. The Hall–Kier alpha value is -1.39. The van der Waals surface area contributed by atoms with E-state index in [1.165, 1.54) is 7.11 Å². The molecule has 104 valence electrons. The van der Waals surface area contributed by atoms with Crippen molar-refractivity contribution in [3.8, 4) is 0 Å². The Bertz CT molecular complexity index is 460. The Balaban J connectivity index is 2.47. The molecule has 0 spiro atoms. The first kappa shape index (κ1) is 14.0. The molecule has 4 nitrogen and oxygen atoms in total. The van der Waals surface area contributed by atoms with Crippen LogP contribution in [0.4, 0.5) is 0 Å². The summed E-state index contributed by atoms with van der Waals surface area (Å²) in [5, 5.41) is 0. The lowest BCUT2D eigenvalue weighted by molar-refractivity contribution is -0.143. The zero-order valence-corrected chi connectivity index (χ0v) is 11.5. The summed E-state index contributed by atoms with van der Waals surface area (Å²) in [4.78, 5) is 11.8. The number of benzene rings is 1. The average Bonchev–Trinajstić information content (AvgIpc) is 2.46. The third kappa shape index (κ3) is 2.51. The van der Waals surface area contributed by atoms with Gasteiger partial charge in [0.1, 0.15) is 0 Å². The van der Waals surface area contributed by atoms with Crippen LogP contribution in [0.5, 0.6) is 0 Å². The lowest BCUT2D eigenvalue weighted by Crippen LogP contribution is -2.52. The fourth-order valence-corrected chi connectivity index (χ4v) is 2.86. The number of rotatable bonds is 4. The molecule has 2 rings (SSSR count). The molecule has 0 amide bonds. The number of carbonyl (C=O) groups excluding carboxylic acids is 1. The summed E-state index contributed by atoms with van der Waals surface area (Å²) in [5.41, 5.74) is 8.08. The normalized spacial score (nSPS) is 23.5. The summed E-state index contributed by atoms with van der Waals surface area (Å²) in [5.74, 6) is -0.246. The van der Waals surface area contributed by atoms with Gasteiger partial charge < -0.3 is 15.2 Å². The van der Waals surface area contributed by atoms with Crippen LogP contribution in [0.25, 0.3) is 0 Å². The molecule has 4 heteroatoms. The van der Waals surface area contributed by atoms with Gasteiger partial charge in [0.2, 0.25) is 0 Å². The van der Waals surface area contributed by atoms with E-state index >= 15 is 0 Å². The zero-order valence-electron chi connectivity index (χ0n) is 11.5. The maximum atomic E-state index is 11.8. The molecule has 1 aliphatic heterocycles. The van der Waals surface area contributed by atoms with Gasteiger partial charge in [0.25, 0.3) is 0 Å². The van der Waals surface area contributed by atoms with Crippen molar-refractivity contribution in [2.75, 3.05) is 13.7 Å². The minimum Gasteiger partial charge on any atom is -0.469 e. The van der Waals surface area contributed by atoms with E-state index in [0.717, 1.165) is 17.5 Å². The third-order valence-electron chi connectivity index (χ3n) is 4.01. The second-order valence-electron chi connectivity index (χ2n) is 5.07. The smallest absolute Gasteiger partial charge is 0.306 e. The summed E-state index contributed by atoms with van der Waals surface area (Å²) in [6, 6.07) is 7.92. The average molecular weight is 263 g/mol. The van der Waals surface area contributed by atoms with E-state index in [1.807, 2.05) is 25.1 Å². The van der Waals surface area contributed by atoms with Crippen LogP contribution < -0.4 is 5.73 Å². The predicted octanol–water partition coefficient (Wildman–Crippen LogP) is 1.75. The molecule has 0 saturated carbocycles. The first-order chi connectivity index (χ1) is 9.14. The fourth-order valence-electron chi connectivity index (χ4n) is 2.86. The van der Waals surface area contributed by atoms with Crippen LogP contribution in [-0.4, -0.2) is 25.7 Å². The summed E-state index contributed by atoms with van der Waals surface area (Å²) >= 11 is 0. The molecule has 1 aromatic carbocycles. The lowest BCUT2D eigenvalue weighted by Gasteiger charge is -2.42. The van der Waals surface area contributed by atoms with E-state index in [0.29, 0.717) is 13.2 Å². The van der Waals surface area contributed by atoms with Gasteiger partial charge in [0, 0.05) is 11.5 Å². The number of methoxy groups -OCH3 is 1. The van der Waals surface area contributed by atoms with E-state index in [9.17, 15) is 4.79 Å². The van der Waals surface area contributed by atoms with E-state index in [-0.39, 0.29) is 18.4 Å². The number of hydrogen-bond donors (Lipinski definition) is 1. The largest absolute Gasteiger partial charge is 0.469 e. The van der Waals surface area contributed by atoms with Crippen LogP contribution in [0.1, 0.15) is 30.9 Å². The lowest BCUT2D eigenvalue weighted by atomic mass is 9.69. The first-order valence-electron chi connectivity index (χ1n) is 6.62. The fraction of sp³-hybridized carbons (Fsp3) is 0.533. The van der Waals surface area contributed by atoms with Crippen LogP contribution >= 0.6 is 0 Å². The predicted molar refractivity (Wildman–Crippen MR) is 72.7 cm³/mol. The van der Waals surface area contributed by atoms with Crippen molar-refractivity contribution < 1.29 is 14.3 Å². The van der Waals surface area contributed by atoms with Gasteiger partial charge in [0.05, 0.1) is 26.7 Å². The van der Waals surface area contributed by atoms with Crippen LogP contribution in [-0.2, 0) is 26.3 Å².